The first kappa shape index (κ1) is 13.8. The summed E-state index contributed by atoms with van der Waals surface area (Å²) in [5.74, 6) is 1.27. The van der Waals surface area contributed by atoms with Crippen molar-refractivity contribution in [1.82, 2.24) is 9.97 Å². The second-order valence-corrected chi connectivity index (χ2v) is 5.11. The smallest absolute Gasteiger partial charge is 0.144 e. The van der Waals surface area contributed by atoms with E-state index in [2.05, 4.69) is 22.2 Å². The van der Waals surface area contributed by atoms with Crippen LogP contribution in [0.5, 0.6) is 0 Å². The Hall–Kier alpha value is -1.62. The fraction of sp³-hybridized carbons (Fsp3) is 0.286. The third-order valence-corrected chi connectivity index (χ3v) is 3.47. The van der Waals surface area contributed by atoms with Gasteiger partial charge in [-0.1, -0.05) is 13.0 Å². The molecule has 0 amide bonds. The molecule has 0 saturated carbocycles. The minimum Gasteiger partial charge on any atom is -0.369 e. The summed E-state index contributed by atoms with van der Waals surface area (Å²) < 4.78 is 13.0. The predicted octanol–water partition coefficient (Wildman–Crippen LogP) is 3.73. The molecule has 0 aliphatic carbocycles. The molecule has 0 radical (unpaired) electrons. The molecule has 0 fully saturated rings. The summed E-state index contributed by atoms with van der Waals surface area (Å²) in [7, 11) is 0. The van der Waals surface area contributed by atoms with Gasteiger partial charge in [0.1, 0.15) is 11.6 Å². The average Bonchev–Trinajstić information content (AvgIpc) is 2.44. The summed E-state index contributed by atoms with van der Waals surface area (Å²) in [6.07, 6.45) is 4.54. The molecular formula is C14H16FN3S. The normalized spacial score (nSPS) is 10.4. The number of benzene rings is 1. The molecule has 1 aromatic heterocycles. The SMILES string of the molecule is CCCNc1cnc(CSc2cccc(F)c2)cn1. The van der Waals surface area contributed by atoms with Gasteiger partial charge in [0.2, 0.25) is 0 Å². The van der Waals surface area contributed by atoms with Crippen LogP contribution >= 0.6 is 11.8 Å². The zero-order chi connectivity index (χ0) is 13.5. The van der Waals surface area contributed by atoms with Gasteiger partial charge in [-0.05, 0) is 24.6 Å². The van der Waals surface area contributed by atoms with Crippen LogP contribution in [0.25, 0.3) is 0 Å². The molecule has 100 valence electrons. The van der Waals surface area contributed by atoms with Crippen LogP contribution in [0.1, 0.15) is 19.0 Å². The standard InChI is InChI=1S/C14H16FN3S/c1-2-6-16-14-9-17-12(8-18-14)10-19-13-5-3-4-11(15)7-13/h3-5,7-9H,2,6,10H2,1H3,(H,16,18). The first-order chi connectivity index (χ1) is 9.28. The number of aromatic nitrogens is 2. The number of nitrogens with zero attached hydrogens (tertiary/aromatic N) is 2. The maximum absolute atomic E-state index is 13.0. The third kappa shape index (κ3) is 4.52. The largest absolute Gasteiger partial charge is 0.369 e. The van der Waals surface area contributed by atoms with E-state index in [1.165, 1.54) is 12.1 Å². The number of hydrogen-bond donors (Lipinski definition) is 1. The summed E-state index contributed by atoms with van der Waals surface area (Å²) in [5.41, 5.74) is 0.885. The van der Waals surface area contributed by atoms with E-state index in [-0.39, 0.29) is 5.82 Å². The lowest BCUT2D eigenvalue weighted by Gasteiger charge is -2.04. The number of halogens is 1. The van der Waals surface area contributed by atoms with Gasteiger partial charge in [0.15, 0.2) is 0 Å². The number of hydrogen-bond acceptors (Lipinski definition) is 4. The number of nitrogens with one attached hydrogen (secondary N) is 1. The van der Waals surface area contributed by atoms with Crippen LogP contribution in [-0.2, 0) is 5.75 Å². The Bertz CT molecular complexity index is 516. The van der Waals surface area contributed by atoms with Crippen molar-refractivity contribution < 1.29 is 4.39 Å². The van der Waals surface area contributed by atoms with E-state index in [1.807, 2.05) is 6.07 Å². The number of rotatable bonds is 6. The van der Waals surface area contributed by atoms with E-state index in [0.717, 1.165) is 29.4 Å². The van der Waals surface area contributed by atoms with E-state index in [0.29, 0.717) is 5.75 Å². The van der Waals surface area contributed by atoms with E-state index in [4.69, 9.17) is 0 Å². The third-order valence-electron chi connectivity index (χ3n) is 2.44. The number of anilines is 1. The van der Waals surface area contributed by atoms with Crippen LogP contribution in [0, 0.1) is 5.82 Å². The fourth-order valence-corrected chi connectivity index (χ4v) is 2.32. The molecular weight excluding hydrogens is 261 g/mol. The molecule has 1 aromatic carbocycles. The Morgan fingerprint density at radius 1 is 1.26 bits per heavy atom. The number of thioether (sulfide) groups is 1. The Labute approximate surface area is 116 Å². The van der Waals surface area contributed by atoms with Gasteiger partial charge in [-0.2, -0.15) is 0 Å². The first-order valence-electron chi connectivity index (χ1n) is 6.21. The minimum atomic E-state index is -0.213. The summed E-state index contributed by atoms with van der Waals surface area (Å²) in [4.78, 5) is 9.51. The van der Waals surface area contributed by atoms with Crippen molar-refractivity contribution in [1.29, 1.82) is 0 Å². The van der Waals surface area contributed by atoms with Crippen LogP contribution in [0.2, 0.25) is 0 Å². The van der Waals surface area contributed by atoms with Crippen molar-refractivity contribution in [3.63, 3.8) is 0 Å². The van der Waals surface area contributed by atoms with Gasteiger partial charge < -0.3 is 5.32 Å². The lowest BCUT2D eigenvalue weighted by atomic mass is 10.4. The van der Waals surface area contributed by atoms with Crippen molar-refractivity contribution in [2.45, 2.75) is 24.0 Å². The van der Waals surface area contributed by atoms with Gasteiger partial charge >= 0.3 is 0 Å². The second kappa shape index (κ2) is 7.09. The van der Waals surface area contributed by atoms with Crippen molar-refractivity contribution in [3.05, 3.63) is 48.2 Å². The highest BCUT2D eigenvalue weighted by molar-refractivity contribution is 7.98. The van der Waals surface area contributed by atoms with Gasteiger partial charge in [-0.3, -0.25) is 4.98 Å². The second-order valence-electron chi connectivity index (χ2n) is 4.07. The highest BCUT2D eigenvalue weighted by Gasteiger charge is 2.00. The van der Waals surface area contributed by atoms with Crippen molar-refractivity contribution >= 4 is 17.6 Å². The van der Waals surface area contributed by atoms with Crippen LogP contribution < -0.4 is 5.32 Å². The molecule has 2 rings (SSSR count). The van der Waals surface area contributed by atoms with Gasteiger partial charge in [0, 0.05) is 17.2 Å². The molecule has 0 bridgehead atoms. The summed E-state index contributed by atoms with van der Waals surface area (Å²) in [6.45, 7) is 3.00. The van der Waals surface area contributed by atoms with E-state index < -0.39 is 0 Å². The van der Waals surface area contributed by atoms with Crippen molar-refractivity contribution in [2.75, 3.05) is 11.9 Å². The quantitative estimate of drug-likeness (QED) is 0.816. The van der Waals surface area contributed by atoms with Crippen LogP contribution in [-0.4, -0.2) is 16.5 Å². The van der Waals surface area contributed by atoms with Crippen molar-refractivity contribution in [3.8, 4) is 0 Å². The highest BCUT2D eigenvalue weighted by atomic mass is 32.2. The van der Waals surface area contributed by atoms with Gasteiger partial charge in [0.25, 0.3) is 0 Å². The predicted molar refractivity (Wildman–Crippen MR) is 76.8 cm³/mol. The van der Waals surface area contributed by atoms with E-state index in [9.17, 15) is 4.39 Å². The highest BCUT2D eigenvalue weighted by Crippen LogP contribution is 2.22. The average molecular weight is 277 g/mol. The van der Waals surface area contributed by atoms with E-state index >= 15 is 0 Å². The van der Waals surface area contributed by atoms with Crippen molar-refractivity contribution in [2.24, 2.45) is 0 Å². The van der Waals surface area contributed by atoms with Crippen LogP contribution in [0.15, 0.2) is 41.6 Å². The minimum absolute atomic E-state index is 0.213. The zero-order valence-electron chi connectivity index (χ0n) is 10.8. The topological polar surface area (TPSA) is 37.8 Å². The lowest BCUT2D eigenvalue weighted by molar-refractivity contribution is 0.624. The van der Waals surface area contributed by atoms with Crippen LogP contribution in [0.3, 0.4) is 0 Å². The maximum atomic E-state index is 13.0. The Kier molecular flexibility index (Phi) is 5.15. The van der Waals surface area contributed by atoms with Gasteiger partial charge in [-0.15, -0.1) is 11.8 Å². The van der Waals surface area contributed by atoms with Gasteiger partial charge in [-0.25, -0.2) is 9.37 Å². The molecule has 0 atom stereocenters. The molecule has 1 heterocycles. The van der Waals surface area contributed by atoms with Crippen LogP contribution in [0.4, 0.5) is 10.2 Å². The van der Waals surface area contributed by atoms with E-state index in [1.54, 1.807) is 30.2 Å². The molecule has 3 nitrogen and oxygen atoms in total. The molecule has 0 aliphatic rings. The monoisotopic (exact) mass is 277 g/mol. The summed E-state index contributed by atoms with van der Waals surface area (Å²) in [5, 5.41) is 3.17. The summed E-state index contributed by atoms with van der Waals surface area (Å²) >= 11 is 1.55. The Morgan fingerprint density at radius 3 is 2.84 bits per heavy atom. The maximum Gasteiger partial charge on any atom is 0.144 e. The molecule has 0 spiro atoms. The molecule has 1 N–H and O–H groups in total. The molecule has 2 aromatic rings. The first-order valence-corrected chi connectivity index (χ1v) is 7.19. The molecule has 0 saturated heterocycles. The summed E-state index contributed by atoms with van der Waals surface area (Å²) in [6, 6.07) is 6.56. The zero-order valence-corrected chi connectivity index (χ0v) is 11.6. The Balaban J connectivity index is 1.89. The fourth-order valence-electron chi connectivity index (χ4n) is 1.49. The molecule has 19 heavy (non-hydrogen) atoms. The molecule has 0 aliphatic heterocycles. The lowest BCUT2D eigenvalue weighted by Crippen LogP contribution is -2.02. The van der Waals surface area contributed by atoms with Gasteiger partial charge in [0.05, 0.1) is 18.1 Å². The Morgan fingerprint density at radius 2 is 2.16 bits per heavy atom. The molecule has 5 heteroatoms. The molecule has 0 unspecified atom stereocenters.